The molecule has 2 nitrogen and oxygen atoms in total. The Morgan fingerprint density at radius 2 is 2.10 bits per heavy atom. The smallest absolute Gasteiger partial charge is 0.238 e. The van der Waals surface area contributed by atoms with Crippen LogP contribution in [0.5, 0.6) is 0 Å². The van der Waals surface area contributed by atoms with Crippen molar-refractivity contribution in [3.63, 3.8) is 0 Å². The highest BCUT2D eigenvalue weighted by Crippen LogP contribution is 2.38. The first-order valence-corrected chi connectivity index (χ1v) is 7.33. The van der Waals surface area contributed by atoms with Crippen LogP contribution in [0, 0.1) is 12.7 Å². The first-order valence-electron chi connectivity index (χ1n) is 6.45. The number of fused-ring (bicyclic) bond motifs is 1. The minimum atomic E-state index is -0.405. The Hall–Kier alpha value is -1.81. The highest BCUT2D eigenvalue weighted by molar-refractivity contribution is 8.01. The van der Waals surface area contributed by atoms with Crippen LogP contribution in [0.4, 0.5) is 10.1 Å². The van der Waals surface area contributed by atoms with Crippen molar-refractivity contribution < 1.29 is 9.18 Å². The molecule has 0 spiro atoms. The van der Waals surface area contributed by atoms with Gasteiger partial charge in [-0.05, 0) is 37.1 Å². The molecule has 0 fully saturated rings. The van der Waals surface area contributed by atoms with Gasteiger partial charge in [-0.1, -0.05) is 29.8 Å². The Morgan fingerprint density at radius 1 is 1.30 bits per heavy atom. The number of hydrogen-bond donors (Lipinski definition) is 1. The molecule has 0 saturated carbocycles. The van der Waals surface area contributed by atoms with Crippen molar-refractivity contribution in [2.24, 2.45) is 0 Å². The zero-order chi connectivity index (χ0) is 14.1. The third-order valence-corrected chi connectivity index (χ3v) is 4.62. The molecule has 102 valence electrons. The molecular formula is C16H14FNOS. The van der Waals surface area contributed by atoms with Crippen LogP contribution in [-0.2, 0) is 11.2 Å². The van der Waals surface area contributed by atoms with Crippen LogP contribution in [-0.4, -0.2) is 11.2 Å². The topological polar surface area (TPSA) is 29.1 Å². The van der Waals surface area contributed by atoms with E-state index >= 15 is 0 Å². The van der Waals surface area contributed by atoms with Gasteiger partial charge >= 0.3 is 0 Å². The Bertz CT molecular complexity index is 671. The number of benzene rings is 2. The molecule has 1 heterocycles. The Kier molecular flexibility index (Phi) is 3.49. The van der Waals surface area contributed by atoms with Crippen LogP contribution in [0.3, 0.4) is 0 Å². The van der Waals surface area contributed by atoms with E-state index in [0.29, 0.717) is 6.42 Å². The zero-order valence-corrected chi connectivity index (χ0v) is 11.8. The second-order valence-corrected chi connectivity index (χ2v) is 6.14. The Labute approximate surface area is 121 Å². The zero-order valence-electron chi connectivity index (χ0n) is 11.0. The van der Waals surface area contributed by atoms with Gasteiger partial charge < -0.3 is 5.32 Å². The maximum atomic E-state index is 13.5. The van der Waals surface area contributed by atoms with Crippen molar-refractivity contribution in [3.8, 4) is 0 Å². The predicted molar refractivity (Wildman–Crippen MR) is 79.6 cm³/mol. The van der Waals surface area contributed by atoms with E-state index in [9.17, 15) is 9.18 Å². The number of anilines is 1. The molecule has 20 heavy (non-hydrogen) atoms. The van der Waals surface area contributed by atoms with Gasteiger partial charge in [0, 0.05) is 4.90 Å². The molecule has 2 aromatic rings. The molecule has 0 saturated heterocycles. The number of carbonyl (C=O) groups is 1. The van der Waals surface area contributed by atoms with Crippen LogP contribution in [0.1, 0.15) is 11.1 Å². The fourth-order valence-corrected chi connectivity index (χ4v) is 3.55. The van der Waals surface area contributed by atoms with Crippen LogP contribution in [0.2, 0.25) is 0 Å². The largest absolute Gasteiger partial charge is 0.323 e. The van der Waals surface area contributed by atoms with E-state index in [4.69, 9.17) is 0 Å². The number of aryl methyl sites for hydroxylation is 1. The second kappa shape index (κ2) is 5.29. The quantitative estimate of drug-likeness (QED) is 0.910. The second-order valence-electron chi connectivity index (χ2n) is 4.89. The van der Waals surface area contributed by atoms with Gasteiger partial charge in [-0.15, -0.1) is 11.8 Å². The third-order valence-electron chi connectivity index (χ3n) is 3.32. The number of para-hydroxylation sites is 1. The van der Waals surface area contributed by atoms with Crippen molar-refractivity contribution in [2.45, 2.75) is 23.5 Å². The molecule has 1 atom stereocenters. The van der Waals surface area contributed by atoms with E-state index in [1.807, 2.05) is 6.92 Å². The molecular weight excluding hydrogens is 273 g/mol. The molecule has 0 bridgehead atoms. The Balaban J connectivity index is 1.73. The normalized spacial score (nSPS) is 16.8. The number of nitrogens with one attached hydrogen (secondary N) is 1. The number of rotatable bonds is 2. The number of thioether (sulfide) groups is 1. The first-order chi connectivity index (χ1) is 9.63. The lowest BCUT2D eigenvalue weighted by Gasteiger charge is -2.10. The first kappa shape index (κ1) is 13.2. The van der Waals surface area contributed by atoms with Crippen molar-refractivity contribution in [1.29, 1.82) is 0 Å². The lowest BCUT2D eigenvalue weighted by atomic mass is 10.1. The summed E-state index contributed by atoms with van der Waals surface area (Å²) in [6.07, 6.45) is 0.695. The number of carbonyl (C=O) groups excluding carboxylic acids is 1. The summed E-state index contributed by atoms with van der Waals surface area (Å²) in [5.74, 6) is -0.550. The fourth-order valence-electron chi connectivity index (χ4n) is 2.26. The van der Waals surface area contributed by atoms with Gasteiger partial charge in [0.05, 0.1) is 10.9 Å². The number of halogens is 1. The highest BCUT2D eigenvalue weighted by atomic mass is 32.2. The maximum absolute atomic E-state index is 13.5. The molecule has 4 heteroatoms. The number of hydrogen-bond acceptors (Lipinski definition) is 2. The van der Waals surface area contributed by atoms with E-state index in [1.165, 1.54) is 17.2 Å². The SMILES string of the molecule is Cc1ccc2c(c1)S[C@H](C(=O)Nc1ccccc1F)C2. The molecule has 0 unspecified atom stereocenters. The third kappa shape index (κ3) is 2.56. The molecule has 3 rings (SSSR count). The summed E-state index contributed by atoms with van der Waals surface area (Å²) >= 11 is 1.55. The summed E-state index contributed by atoms with van der Waals surface area (Å²) in [5, 5.41) is 2.48. The standard InChI is InChI=1S/C16H14FNOS/c1-10-6-7-11-9-15(20-14(11)8-10)16(19)18-13-5-3-2-4-12(13)17/h2-8,15H,9H2,1H3,(H,18,19)/t15-/m0/s1. The van der Waals surface area contributed by atoms with Crippen LogP contribution >= 0.6 is 11.8 Å². The molecule has 1 N–H and O–H groups in total. The summed E-state index contributed by atoms with van der Waals surface area (Å²) in [5.41, 5.74) is 2.62. The molecule has 0 aromatic heterocycles. The molecule has 0 radical (unpaired) electrons. The van der Waals surface area contributed by atoms with Gasteiger partial charge in [-0.25, -0.2) is 4.39 Å². The molecule has 2 aromatic carbocycles. The van der Waals surface area contributed by atoms with Crippen LogP contribution < -0.4 is 5.32 Å². The summed E-state index contributed by atoms with van der Waals surface area (Å²) in [7, 11) is 0. The lowest BCUT2D eigenvalue weighted by Crippen LogP contribution is -2.25. The molecule has 1 amide bonds. The van der Waals surface area contributed by atoms with Gasteiger partial charge in [0.25, 0.3) is 0 Å². The minimum absolute atomic E-state index is 0.144. The average molecular weight is 287 g/mol. The van der Waals surface area contributed by atoms with Gasteiger partial charge in [-0.3, -0.25) is 4.79 Å². The van der Waals surface area contributed by atoms with Crippen LogP contribution in [0.25, 0.3) is 0 Å². The van der Waals surface area contributed by atoms with Crippen molar-refractivity contribution in [1.82, 2.24) is 0 Å². The van der Waals surface area contributed by atoms with Crippen molar-refractivity contribution >= 4 is 23.4 Å². The van der Waals surface area contributed by atoms with Crippen LogP contribution in [0.15, 0.2) is 47.4 Å². The van der Waals surface area contributed by atoms with Gasteiger partial charge in [0.1, 0.15) is 5.82 Å². The number of amides is 1. The van der Waals surface area contributed by atoms with E-state index < -0.39 is 5.82 Å². The molecule has 1 aliphatic rings. The Morgan fingerprint density at radius 3 is 2.90 bits per heavy atom. The summed E-state index contributed by atoms with van der Waals surface area (Å²) in [6.45, 7) is 2.04. The van der Waals surface area contributed by atoms with Gasteiger partial charge in [-0.2, -0.15) is 0 Å². The lowest BCUT2D eigenvalue weighted by molar-refractivity contribution is -0.115. The molecule has 0 aliphatic carbocycles. The molecule has 1 aliphatic heterocycles. The fraction of sp³-hybridized carbons (Fsp3) is 0.188. The maximum Gasteiger partial charge on any atom is 0.238 e. The summed E-state index contributed by atoms with van der Waals surface area (Å²) in [6, 6.07) is 12.4. The van der Waals surface area contributed by atoms with E-state index in [-0.39, 0.29) is 16.8 Å². The van der Waals surface area contributed by atoms with Gasteiger partial charge in [0.2, 0.25) is 5.91 Å². The van der Waals surface area contributed by atoms with E-state index in [0.717, 1.165) is 4.90 Å². The summed E-state index contributed by atoms with van der Waals surface area (Å²) in [4.78, 5) is 13.4. The predicted octanol–water partition coefficient (Wildman–Crippen LogP) is 3.79. The monoisotopic (exact) mass is 287 g/mol. The van der Waals surface area contributed by atoms with E-state index in [1.54, 1.807) is 30.0 Å². The average Bonchev–Trinajstić information content (AvgIpc) is 2.84. The van der Waals surface area contributed by atoms with E-state index in [2.05, 4.69) is 23.5 Å². The van der Waals surface area contributed by atoms with Crippen molar-refractivity contribution in [3.05, 3.63) is 59.4 Å². The van der Waals surface area contributed by atoms with Gasteiger partial charge in [0.15, 0.2) is 0 Å². The summed E-state index contributed by atoms with van der Waals surface area (Å²) < 4.78 is 13.5. The van der Waals surface area contributed by atoms with Crippen molar-refractivity contribution in [2.75, 3.05) is 5.32 Å². The highest BCUT2D eigenvalue weighted by Gasteiger charge is 2.28. The minimum Gasteiger partial charge on any atom is -0.323 e.